The van der Waals surface area contributed by atoms with Crippen LogP contribution < -0.4 is 5.32 Å². The fraction of sp³-hybridized carbons (Fsp3) is 0.375. The summed E-state index contributed by atoms with van der Waals surface area (Å²) < 4.78 is 0. The highest BCUT2D eigenvalue weighted by atomic mass is 16.2. The number of benzene rings is 1. The van der Waals surface area contributed by atoms with E-state index < -0.39 is 11.7 Å². The molecule has 0 aromatic heterocycles. The minimum Gasteiger partial charge on any atom is -0.342 e. The fourth-order valence-corrected chi connectivity index (χ4v) is 1.87. The number of rotatable bonds is 7. The van der Waals surface area contributed by atoms with Crippen LogP contribution in [-0.2, 0) is 4.79 Å². The van der Waals surface area contributed by atoms with Gasteiger partial charge in [0.1, 0.15) is 0 Å². The number of nitrogens with one attached hydrogen (secondary N) is 1. The first-order chi connectivity index (χ1) is 10.0. The molecule has 0 unspecified atom stereocenters. The van der Waals surface area contributed by atoms with Gasteiger partial charge in [0.2, 0.25) is 5.78 Å². The van der Waals surface area contributed by atoms with Crippen LogP contribution >= 0.6 is 0 Å². The van der Waals surface area contributed by atoms with Crippen LogP contribution in [0.4, 0.5) is 0 Å². The van der Waals surface area contributed by atoms with Gasteiger partial charge in [0.25, 0.3) is 5.91 Å². The van der Waals surface area contributed by atoms with Crippen molar-refractivity contribution in [3.8, 4) is 6.07 Å². The molecule has 0 aliphatic carbocycles. The van der Waals surface area contributed by atoms with Crippen molar-refractivity contribution in [3.63, 3.8) is 0 Å². The van der Waals surface area contributed by atoms with Gasteiger partial charge in [0.15, 0.2) is 0 Å². The molecule has 1 radical (unpaired) electrons. The van der Waals surface area contributed by atoms with E-state index in [2.05, 4.69) is 18.3 Å². The lowest BCUT2D eigenvalue weighted by Gasteiger charge is -2.16. The van der Waals surface area contributed by atoms with E-state index in [0.29, 0.717) is 18.5 Å². The van der Waals surface area contributed by atoms with Gasteiger partial charge >= 0.3 is 0 Å². The summed E-state index contributed by atoms with van der Waals surface area (Å²) in [5, 5.41) is 12.1. The van der Waals surface area contributed by atoms with Crippen LogP contribution in [0.25, 0.3) is 0 Å². The molecule has 1 amide bonds. The Kier molecular flexibility index (Phi) is 6.57. The number of amides is 1. The van der Waals surface area contributed by atoms with E-state index in [-0.39, 0.29) is 6.04 Å². The first-order valence-corrected chi connectivity index (χ1v) is 6.76. The Hall–Kier alpha value is -2.19. The van der Waals surface area contributed by atoms with Crippen molar-refractivity contribution in [2.24, 2.45) is 0 Å². The van der Waals surface area contributed by atoms with Gasteiger partial charge in [-0.05, 0) is 18.5 Å². The Morgan fingerprint density at radius 2 is 1.95 bits per heavy atom. The highest BCUT2D eigenvalue weighted by Crippen LogP contribution is 2.17. The average molecular weight is 286 g/mol. The molecule has 1 aromatic carbocycles. The van der Waals surface area contributed by atoms with Gasteiger partial charge in [-0.1, -0.05) is 31.2 Å². The zero-order valence-electron chi connectivity index (χ0n) is 12.4. The van der Waals surface area contributed by atoms with Gasteiger partial charge in [-0.15, -0.1) is 0 Å². The van der Waals surface area contributed by atoms with Gasteiger partial charge in [0, 0.05) is 25.7 Å². The smallest absolute Gasteiger partial charge is 0.294 e. The minimum atomic E-state index is -0.550. The van der Waals surface area contributed by atoms with E-state index in [4.69, 9.17) is 5.26 Å². The zero-order chi connectivity index (χ0) is 15.8. The zero-order valence-corrected chi connectivity index (χ0v) is 12.4. The summed E-state index contributed by atoms with van der Waals surface area (Å²) in [5.74, 6) is -1.08. The molecule has 21 heavy (non-hydrogen) atoms. The maximum atomic E-state index is 11.9. The van der Waals surface area contributed by atoms with Gasteiger partial charge in [-0.2, -0.15) is 5.26 Å². The maximum absolute atomic E-state index is 11.9. The molecule has 1 N–H and O–H groups in total. The van der Waals surface area contributed by atoms with Crippen LogP contribution in [0.1, 0.15) is 34.8 Å². The largest absolute Gasteiger partial charge is 0.342 e. The first-order valence-electron chi connectivity index (χ1n) is 6.76. The predicted octanol–water partition coefficient (Wildman–Crippen LogP) is 1.73. The number of Topliss-reactive ketones (excluding diaryl/α,β-unsaturated/α-hetero) is 1. The number of hydrogen-bond donors (Lipinski definition) is 1. The Balaban J connectivity index is 2.87. The molecule has 1 aromatic rings. The second kappa shape index (κ2) is 8.18. The van der Waals surface area contributed by atoms with Crippen LogP contribution in [0.5, 0.6) is 0 Å². The lowest BCUT2D eigenvalue weighted by molar-refractivity contribution is -0.124. The molecule has 0 saturated heterocycles. The van der Waals surface area contributed by atoms with Crippen LogP contribution in [0, 0.1) is 18.3 Å². The number of likely N-dealkylation sites (N-methyl/N-ethyl adjacent to an activating group) is 1. The summed E-state index contributed by atoms with van der Waals surface area (Å²) in [7, 11) is 3.08. The topological polar surface area (TPSA) is 73.2 Å². The molecule has 0 saturated carbocycles. The van der Waals surface area contributed by atoms with E-state index in [9.17, 15) is 9.59 Å². The number of nitriles is 1. The van der Waals surface area contributed by atoms with Gasteiger partial charge < -0.3 is 10.2 Å². The molecule has 0 aliphatic rings. The van der Waals surface area contributed by atoms with Crippen molar-refractivity contribution in [1.82, 2.24) is 10.2 Å². The monoisotopic (exact) mass is 286 g/mol. The molecule has 0 heterocycles. The van der Waals surface area contributed by atoms with Gasteiger partial charge in [-0.25, -0.2) is 0 Å². The molecular weight excluding hydrogens is 266 g/mol. The highest BCUT2D eigenvalue weighted by Gasteiger charge is 2.18. The number of ketones is 1. The molecule has 5 heteroatoms. The molecular formula is C16H20N3O2. The third kappa shape index (κ3) is 4.69. The molecule has 5 nitrogen and oxygen atoms in total. The van der Waals surface area contributed by atoms with Crippen molar-refractivity contribution in [2.75, 3.05) is 20.6 Å². The summed E-state index contributed by atoms with van der Waals surface area (Å²) in [4.78, 5) is 24.8. The Bertz CT molecular complexity index is 529. The first kappa shape index (κ1) is 16.9. The minimum absolute atomic E-state index is 0.0922. The second-order valence-electron chi connectivity index (χ2n) is 4.87. The average Bonchev–Trinajstić information content (AvgIpc) is 2.50. The number of carbonyl (C=O) groups excluding carboxylic acids is 2. The standard InChI is InChI=1S/C16H20N3O2/c1-4-11-18-14(9-10-17)12-5-7-13(8-6-12)15(20)16(21)19(2)3/h5-8,14,18H,1,4,9,11H2,2-3H3/t14-/m0/s1. The van der Waals surface area contributed by atoms with Crippen LogP contribution in [0.3, 0.4) is 0 Å². The quantitative estimate of drug-likeness (QED) is 0.612. The van der Waals surface area contributed by atoms with Crippen molar-refractivity contribution in [1.29, 1.82) is 5.26 Å². The maximum Gasteiger partial charge on any atom is 0.294 e. The third-order valence-corrected chi connectivity index (χ3v) is 3.04. The number of nitrogens with zero attached hydrogens (tertiary/aromatic N) is 2. The second-order valence-corrected chi connectivity index (χ2v) is 4.87. The summed E-state index contributed by atoms with van der Waals surface area (Å²) >= 11 is 0. The van der Waals surface area contributed by atoms with E-state index in [1.54, 1.807) is 38.4 Å². The summed E-state index contributed by atoms with van der Waals surface area (Å²) in [6.45, 7) is 4.47. The number of carbonyl (C=O) groups is 2. The van der Waals surface area contributed by atoms with Crippen molar-refractivity contribution < 1.29 is 9.59 Å². The van der Waals surface area contributed by atoms with E-state index >= 15 is 0 Å². The molecule has 1 rings (SSSR count). The molecule has 0 bridgehead atoms. The van der Waals surface area contributed by atoms with E-state index in [1.807, 2.05) is 0 Å². The molecule has 1 atom stereocenters. The van der Waals surface area contributed by atoms with E-state index in [1.165, 1.54) is 4.90 Å². The molecule has 0 fully saturated rings. The van der Waals surface area contributed by atoms with Crippen LogP contribution in [0.15, 0.2) is 24.3 Å². The molecule has 0 aliphatic heterocycles. The van der Waals surface area contributed by atoms with Gasteiger partial charge in [-0.3, -0.25) is 9.59 Å². The lowest BCUT2D eigenvalue weighted by Crippen LogP contribution is -2.29. The number of hydrogen-bond acceptors (Lipinski definition) is 4. The summed E-state index contributed by atoms with van der Waals surface area (Å²) in [6.07, 6.45) is 1.07. The highest BCUT2D eigenvalue weighted by molar-refractivity contribution is 6.42. The van der Waals surface area contributed by atoms with Crippen molar-refractivity contribution >= 4 is 11.7 Å². The van der Waals surface area contributed by atoms with Gasteiger partial charge in [0.05, 0.1) is 12.5 Å². The van der Waals surface area contributed by atoms with Crippen LogP contribution in [-0.4, -0.2) is 37.2 Å². The van der Waals surface area contributed by atoms with Crippen molar-refractivity contribution in [3.05, 3.63) is 42.3 Å². The normalized spacial score (nSPS) is 11.5. The SMILES string of the molecule is [CH2]CCN[C@@H](CC#N)c1ccc(C(=O)C(=O)N(C)C)cc1. The third-order valence-electron chi connectivity index (χ3n) is 3.04. The Morgan fingerprint density at radius 3 is 2.43 bits per heavy atom. The lowest BCUT2D eigenvalue weighted by atomic mass is 10.0. The fourth-order valence-electron chi connectivity index (χ4n) is 1.87. The predicted molar refractivity (Wildman–Crippen MR) is 80.4 cm³/mol. The Labute approximate surface area is 125 Å². The van der Waals surface area contributed by atoms with Crippen molar-refractivity contribution in [2.45, 2.75) is 18.9 Å². The van der Waals surface area contributed by atoms with Crippen LogP contribution in [0.2, 0.25) is 0 Å². The Morgan fingerprint density at radius 1 is 1.33 bits per heavy atom. The molecule has 111 valence electrons. The van der Waals surface area contributed by atoms with E-state index in [0.717, 1.165) is 12.0 Å². The summed E-state index contributed by atoms with van der Waals surface area (Å²) in [5.41, 5.74) is 1.27. The summed E-state index contributed by atoms with van der Waals surface area (Å²) in [6, 6.07) is 8.83. The molecule has 0 spiro atoms.